The van der Waals surface area contributed by atoms with E-state index in [1.54, 1.807) is 6.08 Å². The van der Waals surface area contributed by atoms with E-state index in [4.69, 9.17) is 4.74 Å². The molecule has 138 valence electrons. The molecule has 0 radical (unpaired) electrons. The highest BCUT2D eigenvalue weighted by molar-refractivity contribution is 5.17. The van der Waals surface area contributed by atoms with Gasteiger partial charge in [0.05, 0.1) is 23.9 Å². The van der Waals surface area contributed by atoms with E-state index >= 15 is 0 Å². The maximum atomic E-state index is 11.1. The Labute approximate surface area is 145 Å². The largest absolute Gasteiger partial charge is 0.393 e. The van der Waals surface area contributed by atoms with Crippen molar-refractivity contribution in [2.45, 2.75) is 89.8 Å². The van der Waals surface area contributed by atoms with Gasteiger partial charge < -0.3 is 20.1 Å². The van der Waals surface area contributed by atoms with Crippen molar-refractivity contribution < 1.29 is 20.1 Å². The van der Waals surface area contributed by atoms with Crippen molar-refractivity contribution >= 4 is 0 Å². The SMILES string of the molecule is C=C[C@]1(C)O[C@@]2(C)C[C@H](O)C3C(C)(C)[C@H](O)CC[C@@]3(C)C2C[C@H]1O. The van der Waals surface area contributed by atoms with Crippen LogP contribution in [-0.4, -0.2) is 44.8 Å². The number of hydrogen-bond acceptors (Lipinski definition) is 4. The fourth-order valence-corrected chi connectivity index (χ4v) is 6.57. The molecule has 0 spiro atoms. The summed E-state index contributed by atoms with van der Waals surface area (Å²) in [6, 6.07) is 0. The zero-order valence-corrected chi connectivity index (χ0v) is 15.7. The monoisotopic (exact) mass is 338 g/mol. The molecule has 2 aliphatic carbocycles. The molecule has 0 aromatic carbocycles. The molecule has 2 unspecified atom stereocenters. The zero-order valence-electron chi connectivity index (χ0n) is 15.7. The minimum Gasteiger partial charge on any atom is -0.393 e. The fraction of sp³-hybridized carbons (Fsp3) is 0.900. The van der Waals surface area contributed by atoms with Crippen molar-refractivity contribution in [2.24, 2.45) is 22.7 Å². The van der Waals surface area contributed by atoms with Crippen molar-refractivity contribution in [3.8, 4) is 0 Å². The molecule has 4 nitrogen and oxygen atoms in total. The number of hydrogen-bond donors (Lipinski definition) is 3. The van der Waals surface area contributed by atoms with Gasteiger partial charge in [0.2, 0.25) is 0 Å². The van der Waals surface area contributed by atoms with E-state index < -0.39 is 29.5 Å². The molecule has 0 aromatic rings. The van der Waals surface area contributed by atoms with Crippen LogP contribution in [0.3, 0.4) is 0 Å². The Kier molecular flexibility index (Phi) is 4.05. The van der Waals surface area contributed by atoms with Crippen LogP contribution in [0.15, 0.2) is 12.7 Å². The predicted octanol–water partition coefficient (Wildman–Crippen LogP) is 2.66. The number of fused-ring (bicyclic) bond motifs is 3. The Morgan fingerprint density at radius 1 is 1.04 bits per heavy atom. The summed E-state index contributed by atoms with van der Waals surface area (Å²) in [5.41, 5.74) is -1.79. The van der Waals surface area contributed by atoms with Gasteiger partial charge in [-0.15, -0.1) is 6.58 Å². The van der Waals surface area contributed by atoms with Gasteiger partial charge in [0, 0.05) is 6.42 Å². The van der Waals surface area contributed by atoms with Crippen LogP contribution in [-0.2, 0) is 4.74 Å². The Balaban J connectivity index is 2.05. The molecule has 8 atom stereocenters. The molecule has 24 heavy (non-hydrogen) atoms. The Morgan fingerprint density at radius 3 is 2.25 bits per heavy atom. The first-order valence-corrected chi connectivity index (χ1v) is 9.29. The molecule has 2 saturated carbocycles. The van der Waals surface area contributed by atoms with Crippen molar-refractivity contribution in [1.82, 2.24) is 0 Å². The summed E-state index contributed by atoms with van der Waals surface area (Å²) in [5.74, 6) is 0.143. The van der Waals surface area contributed by atoms with Gasteiger partial charge in [-0.25, -0.2) is 0 Å². The minimum atomic E-state index is -0.780. The van der Waals surface area contributed by atoms with Gasteiger partial charge in [-0.05, 0) is 55.8 Å². The highest BCUT2D eigenvalue weighted by Crippen LogP contribution is 2.65. The van der Waals surface area contributed by atoms with Crippen molar-refractivity contribution in [3.63, 3.8) is 0 Å². The second-order valence-corrected chi connectivity index (χ2v) is 9.74. The second-order valence-electron chi connectivity index (χ2n) is 9.74. The molecule has 0 aromatic heterocycles. The van der Waals surface area contributed by atoms with Crippen molar-refractivity contribution in [3.05, 3.63) is 12.7 Å². The van der Waals surface area contributed by atoms with Gasteiger partial charge in [0.1, 0.15) is 5.60 Å². The average Bonchev–Trinajstić information content (AvgIpc) is 2.45. The normalized spacial score (nSPS) is 56.9. The van der Waals surface area contributed by atoms with Crippen LogP contribution in [0.5, 0.6) is 0 Å². The quantitative estimate of drug-likeness (QED) is 0.643. The number of aliphatic hydroxyl groups excluding tert-OH is 3. The third-order valence-corrected chi connectivity index (χ3v) is 7.84. The van der Waals surface area contributed by atoms with Crippen LogP contribution in [0.4, 0.5) is 0 Å². The van der Waals surface area contributed by atoms with E-state index in [0.29, 0.717) is 12.8 Å². The van der Waals surface area contributed by atoms with Crippen LogP contribution in [0, 0.1) is 22.7 Å². The summed E-state index contributed by atoms with van der Waals surface area (Å²) in [7, 11) is 0. The molecule has 3 rings (SSSR count). The van der Waals surface area contributed by atoms with Gasteiger partial charge in [-0.3, -0.25) is 0 Å². The third-order valence-electron chi connectivity index (χ3n) is 7.84. The molecule has 1 heterocycles. The topological polar surface area (TPSA) is 69.9 Å². The summed E-state index contributed by atoms with van der Waals surface area (Å²) in [6.45, 7) is 14.2. The predicted molar refractivity (Wildman–Crippen MR) is 93.4 cm³/mol. The molecular formula is C20H34O4. The van der Waals surface area contributed by atoms with Crippen molar-refractivity contribution in [1.29, 1.82) is 0 Å². The first kappa shape index (κ1) is 18.4. The first-order valence-electron chi connectivity index (χ1n) is 9.29. The first-order chi connectivity index (χ1) is 10.9. The maximum absolute atomic E-state index is 11.1. The highest BCUT2D eigenvalue weighted by atomic mass is 16.5. The number of ether oxygens (including phenoxy) is 1. The summed E-state index contributed by atoms with van der Waals surface area (Å²) < 4.78 is 6.42. The number of aliphatic hydroxyl groups is 3. The van der Waals surface area contributed by atoms with Crippen LogP contribution in [0.1, 0.15) is 60.3 Å². The van der Waals surface area contributed by atoms with Gasteiger partial charge in [0.25, 0.3) is 0 Å². The van der Waals surface area contributed by atoms with Crippen LogP contribution >= 0.6 is 0 Å². The van der Waals surface area contributed by atoms with E-state index in [2.05, 4.69) is 34.3 Å². The smallest absolute Gasteiger partial charge is 0.110 e. The van der Waals surface area contributed by atoms with E-state index in [1.807, 2.05) is 6.92 Å². The zero-order chi connectivity index (χ0) is 18.1. The lowest BCUT2D eigenvalue weighted by Gasteiger charge is -2.67. The van der Waals surface area contributed by atoms with Gasteiger partial charge in [-0.2, -0.15) is 0 Å². The molecule has 1 saturated heterocycles. The number of rotatable bonds is 1. The molecule has 0 amide bonds. The van der Waals surface area contributed by atoms with Crippen LogP contribution in [0.2, 0.25) is 0 Å². The lowest BCUT2D eigenvalue weighted by molar-refractivity contribution is -0.307. The third kappa shape index (κ3) is 2.26. The standard InChI is InChI=1S/C20H34O4/c1-7-19(5)15(23)10-13-18(4)9-8-14(22)17(2,3)16(18)12(21)11-20(13,6)24-19/h7,12-16,21-23H,1,8-11H2,2-6H3/t12-,13?,14+,15+,16?,18-,19-,20-/m0/s1. The molecular weight excluding hydrogens is 304 g/mol. The Morgan fingerprint density at radius 2 is 1.67 bits per heavy atom. The second kappa shape index (κ2) is 5.29. The maximum Gasteiger partial charge on any atom is 0.110 e. The van der Waals surface area contributed by atoms with Gasteiger partial charge >= 0.3 is 0 Å². The molecule has 0 bridgehead atoms. The van der Waals surface area contributed by atoms with Crippen molar-refractivity contribution in [2.75, 3.05) is 0 Å². The molecule has 3 N–H and O–H groups in total. The summed E-state index contributed by atoms with van der Waals surface area (Å²) >= 11 is 0. The average molecular weight is 338 g/mol. The Hall–Kier alpha value is -0.420. The van der Waals surface area contributed by atoms with E-state index in [-0.39, 0.29) is 22.7 Å². The van der Waals surface area contributed by atoms with Gasteiger partial charge in [0.15, 0.2) is 0 Å². The van der Waals surface area contributed by atoms with E-state index in [0.717, 1.165) is 12.8 Å². The molecule has 3 fully saturated rings. The lowest BCUT2D eigenvalue weighted by atomic mass is 9.43. The fourth-order valence-electron chi connectivity index (χ4n) is 6.57. The highest BCUT2D eigenvalue weighted by Gasteiger charge is 2.67. The van der Waals surface area contributed by atoms with E-state index in [1.165, 1.54) is 0 Å². The summed E-state index contributed by atoms with van der Waals surface area (Å²) in [4.78, 5) is 0. The summed E-state index contributed by atoms with van der Waals surface area (Å²) in [6.07, 6.45) is 2.92. The molecule has 3 aliphatic rings. The molecule has 4 heteroatoms. The van der Waals surface area contributed by atoms with Crippen LogP contribution in [0.25, 0.3) is 0 Å². The van der Waals surface area contributed by atoms with Gasteiger partial charge in [-0.1, -0.05) is 26.8 Å². The van der Waals surface area contributed by atoms with E-state index in [9.17, 15) is 15.3 Å². The molecule has 1 aliphatic heterocycles. The minimum absolute atomic E-state index is 0.00397. The van der Waals surface area contributed by atoms with Crippen LogP contribution < -0.4 is 0 Å². The summed E-state index contributed by atoms with van der Waals surface area (Å²) in [5, 5.41) is 32.3. The lowest BCUT2D eigenvalue weighted by Crippen LogP contribution is -2.70. The Bertz CT molecular complexity index is 532.